The Hall–Kier alpha value is -1.72. The maximum absolute atomic E-state index is 11.8. The average Bonchev–Trinajstić information content (AvgIpc) is 3.09. The Balaban J connectivity index is 1.58. The highest BCUT2D eigenvalue weighted by atomic mass is 32.1. The maximum Gasteiger partial charge on any atom is 0.244 e. The number of hydrogen-bond donors (Lipinski definition) is 2. The highest BCUT2D eigenvalue weighted by Gasteiger charge is 2.30. The summed E-state index contributed by atoms with van der Waals surface area (Å²) in [6.07, 6.45) is 6.82. The van der Waals surface area contributed by atoms with E-state index in [0.29, 0.717) is 6.54 Å². The standard InChI is InChI=1S/C16H18N2O2S/c19-14(17-11-16(20)9-3-4-10-16)7-8-15-18-12-5-1-2-6-13(12)21-15/h1-2,5-8,20H,3-4,9-11H2,(H,17,19)/b8-7+. The SMILES string of the molecule is O=C(/C=C/c1nc2ccccc2s1)NCC1(O)CCCC1. The molecule has 2 aromatic rings. The van der Waals surface area contributed by atoms with Crippen LogP contribution in [0, 0.1) is 0 Å². The number of nitrogens with zero attached hydrogens (tertiary/aromatic N) is 1. The number of rotatable bonds is 4. The van der Waals surface area contributed by atoms with Crippen LogP contribution in [0.3, 0.4) is 0 Å². The summed E-state index contributed by atoms with van der Waals surface area (Å²) < 4.78 is 1.11. The molecule has 21 heavy (non-hydrogen) atoms. The summed E-state index contributed by atoms with van der Waals surface area (Å²) in [5.74, 6) is -0.186. The van der Waals surface area contributed by atoms with E-state index in [0.717, 1.165) is 40.9 Å². The molecule has 1 saturated carbocycles. The van der Waals surface area contributed by atoms with Crippen LogP contribution in [-0.4, -0.2) is 28.1 Å². The van der Waals surface area contributed by atoms with E-state index in [1.165, 1.54) is 6.08 Å². The number of nitrogens with one attached hydrogen (secondary N) is 1. The van der Waals surface area contributed by atoms with Crippen molar-refractivity contribution in [2.45, 2.75) is 31.3 Å². The van der Waals surface area contributed by atoms with Gasteiger partial charge in [0.1, 0.15) is 5.01 Å². The summed E-state index contributed by atoms with van der Waals surface area (Å²) in [6.45, 7) is 0.329. The number of amides is 1. The predicted octanol–water partition coefficient (Wildman–Crippen LogP) is 2.73. The van der Waals surface area contributed by atoms with Gasteiger partial charge >= 0.3 is 0 Å². The molecule has 2 N–H and O–H groups in total. The second kappa shape index (κ2) is 5.95. The molecule has 1 heterocycles. The molecule has 1 aromatic carbocycles. The van der Waals surface area contributed by atoms with Gasteiger partial charge in [0.25, 0.3) is 0 Å². The highest BCUT2D eigenvalue weighted by molar-refractivity contribution is 7.19. The normalized spacial score (nSPS) is 17.6. The summed E-state index contributed by atoms with van der Waals surface area (Å²) in [5, 5.41) is 13.8. The molecule has 0 unspecified atom stereocenters. The van der Waals surface area contributed by atoms with Crippen molar-refractivity contribution in [3.05, 3.63) is 35.3 Å². The van der Waals surface area contributed by atoms with Crippen LogP contribution in [0.1, 0.15) is 30.7 Å². The molecule has 5 heteroatoms. The highest BCUT2D eigenvalue weighted by Crippen LogP contribution is 2.28. The van der Waals surface area contributed by atoms with Crippen molar-refractivity contribution >= 4 is 33.5 Å². The fourth-order valence-electron chi connectivity index (χ4n) is 2.63. The second-order valence-corrected chi connectivity index (χ2v) is 6.56. The van der Waals surface area contributed by atoms with E-state index in [1.807, 2.05) is 24.3 Å². The zero-order chi connectivity index (χ0) is 14.7. The monoisotopic (exact) mass is 302 g/mol. The fraction of sp³-hybridized carbons (Fsp3) is 0.375. The largest absolute Gasteiger partial charge is 0.388 e. The Labute approximate surface area is 127 Å². The molecule has 0 radical (unpaired) electrons. The Morgan fingerprint density at radius 1 is 1.38 bits per heavy atom. The van der Waals surface area contributed by atoms with E-state index < -0.39 is 5.60 Å². The number of thiazole rings is 1. The van der Waals surface area contributed by atoms with Gasteiger partial charge in [0, 0.05) is 12.6 Å². The quantitative estimate of drug-likeness (QED) is 0.854. The smallest absolute Gasteiger partial charge is 0.244 e. The van der Waals surface area contributed by atoms with E-state index in [4.69, 9.17) is 0 Å². The van der Waals surface area contributed by atoms with Crippen LogP contribution >= 0.6 is 11.3 Å². The third-order valence-electron chi connectivity index (χ3n) is 3.81. The number of aromatic nitrogens is 1. The van der Waals surface area contributed by atoms with Gasteiger partial charge in [-0.15, -0.1) is 11.3 Å². The Morgan fingerprint density at radius 2 is 2.14 bits per heavy atom. The van der Waals surface area contributed by atoms with Crippen LogP contribution in [-0.2, 0) is 4.79 Å². The molecule has 1 aliphatic carbocycles. The van der Waals surface area contributed by atoms with Crippen molar-refractivity contribution in [2.75, 3.05) is 6.54 Å². The lowest BCUT2D eigenvalue weighted by Gasteiger charge is -2.21. The minimum absolute atomic E-state index is 0.186. The van der Waals surface area contributed by atoms with Crippen LogP contribution in [0.2, 0.25) is 0 Å². The summed E-state index contributed by atoms with van der Waals surface area (Å²) in [4.78, 5) is 16.2. The van der Waals surface area contributed by atoms with E-state index in [1.54, 1.807) is 17.4 Å². The summed E-state index contributed by atoms with van der Waals surface area (Å²) >= 11 is 1.55. The second-order valence-electron chi connectivity index (χ2n) is 5.50. The minimum Gasteiger partial charge on any atom is -0.388 e. The first kappa shape index (κ1) is 14.2. The molecule has 0 saturated heterocycles. The lowest BCUT2D eigenvalue weighted by atomic mass is 10.0. The minimum atomic E-state index is -0.709. The number of hydrogen-bond acceptors (Lipinski definition) is 4. The number of carbonyl (C=O) groups excluding carboxylic acids is 1. The summed E-state index contributed by atoms with van der Waals surface area (Å²) in [6, 6.07) is 7.90. The van der Waals surface area contributed by atoms with E-state index in [9.17, 15) is 9.90 Å². The van der Waals surface area contributed by atoms with Gasteiger partial charge in [-0.25, -0.2) is 4.98 Å². The number of benzene rings is 1. The lowest BCUT2D eigenvalue weighted by molar-refractivity contribution is -0.117. The van der Waals surface area contributed by atoms with Gasteiger partial charge in [0.15, 0.2) is 0 Å². The third kappa shape index (κ3) is 3.49. The molecule has 4 nitrogen and oxygen atoms in total. The average molecular weight is 302 g/mol. The van der Waals surface area contributed by atoms with E-state index in [-0.39, 0.29) is 5.91 Å². The molecule has 1 amide bonds. The van der Waals surface area contributed by atoms with Crippen molar-refractivity contribution < 1.29 is 9.90 Å². The molecular formula is C16H18N2O2S. The topological polar surface area (TPSA) is 62.2 Å². The van der Waals surface area contributed by atoms with Gasteiger partial charge in [-0.2, -0.15) is 0 Å². The molecular weight excluding hydrogens is 284 g/mol. The van der Waals surface area contributed by atoms with Crippen molar-refractivity contribution in [3.8, 4) is 0 Å². The Kier molecular flexibility index (Phi) is 4.03. The third-order valence-corrected chi connectivity index (χ3v) is 4.82. The van der Waals surface area contributed by atoms with Gasteiger partial charge in [-0.1, -0.05) is 25.0 Å². The lowest BCUT2D eigenvalue weighted by Crippen LogP contribution is -2.40. The van der Waals surface area contributed by atoms with Gasteiger partial charge in [-0.05, 0) is 31.1 Å². The molecule has 110 valence electrons. The van der Waals surface area contributed by atoms with Gasteiger partial charge in [-0.3, -0.25) is 4.79 Å². The fourth-order valence-corrected chi connectivity index (χ4v) is 3.50. The van der Waals surface area contributed by atoms with Crippen LogP contribution in [0.5, 0.6) is 0 Å². The molecule has 0 spiro atoms. The molecule has 1 aliphatic rings. The summed E-state index contributed by atoms with van der Waals surface area (Å²) in [7, 11) is 0. The number of aliphatic hydroxyl groups is 1. The van der Waals surface area contributed by atoms with Crippen LogP contribution in [0.4, 0.5) is 0 Å². The van der Waals surface area contributed by atoms with Gasteiger partial charge < -0.3 is 10.4 Å². The van der Waals surface area contributed by atoms with Gasteiger partial charge in [0.05, 0.1) is 15.8 Å². The van der Waals surface area contributed by atoms with Crippen molar-refractivity contribution in [2.24, 2.45) is 0 Å². The molecule has 0 bridgehead atoms. The first-order valence-electron chi connectivity index (χ1n) is 7.19. The number of para-hydroxylation sites is 1. The predicted molar refractivity (Wildman–Crippen MR) is 85.1 cm³/mol. The molecule has 1 fully saturated rings. The van der Waals surface area contributed by atoms with Crippen LogP contribution < -0.4 is 5.32 Å². The van der Waals surface area contributed by atoms with Crippen molar-refractivity contribution in [1.82, 2.24) is 10.3 Å². The maximum atomic E-state index is 11.8. The van der Waals surface area contributed by atoms with Crippen molar-refractivity contribution in [1.29, 1.82) is 0 Å². The molecule has 3 rings (SSSR count). The Bertz CT molecular complexity index is 639. The van der Waals surface area contributed by atoms with E-state index >= 15 is 0 Å². The molecule has 0 aliphatic heterocycles. The molecule has 0 atom stereocenters. The van der Waals surface area contributed by atoms with Crippen LogP contribution in [0.15, 0.2) is 30.3 Å². The zero-order valence-electron chi connectivity index (χ0n) is 11.7. The van der Waals surface area contributed by atoms with Crippen LogP contribution in [0.25, 0.3) is 16.3 Å². The number of carbonyl (C=O) groups is 1. The Morgan fingerprint density at radius 3 is 2.90 bits per heavy atom. The number of fused-ring (bicyclic) bond motifs is 1. The first-order valence-corrected chi connectivity index (χ1v) is 8.00. The molecule has 1 aromatic heterocycles. The zero-order valence-corrected chi connectivity index (χ0v) is 12.5. The van der Waals surface area contributed by atoms with E-state index in [2.05, 4.69) is 10.3 Å². The van der Waals surface area contributed by atoms with Crippen molar-refractivity contribution in [3.63, 3.8) is 0 Å². The van der Waals surface area contributed by atoms with Gasteiger partial charge in [0.2, 0.25) is 5.91 Å². The summed E-state index contributed by atoms with van der Waals surface area (Å²) in [5.41, 5.74) is 0.238. The first-order chi connectivity index (χ1) is 10.1.